The number of hydrogen-bond donors (Lipinski definition) is 0. The van der Waals surface area contributed by atoms with Crippen molar-refractivity contribution in [1.82, 2.24) is 0 Å². The van der Waals surface area contributed by atoms with Gasteiger partial charge in [-0.3, -0.25) is 9.59 Å². The SMILES string of the molecule is O=COC(=O)Cc1cccc2ccccc12. The highest BCUT2D eigenvalue weighted by Gasteiger charge is 2.07. The molecule has 0 aromatic heterocycles. The maximum Gasteiger partial charge on any atom is 0.317 e. The summed E-state index contributed by atoms with van der Waals surface area (Å²) in [5.74, 6) is -0.536. The molecular formula is C13H10O3. The molecule has 0 aliphatic rings. The van der Waals surface area contributed by atoms with E-state index in [4.69, 9.17) is 0 Å². The highest BCUT2D eigenvalue weighted by molar-refractivity contribution is 5.89. The predicted molar refractivity (Wildman–Crippen MR) is 59.8 cm³/mol. The number of carbonyl (C=O) groups excluding carboxylic acids is 2. The van der Waals surface area contributed by atoms with E-state index in [9.17, 15) is 9.59 Å². The molecule has 0 aliphatic carbocycles. The van der Waals surface area contributed by atoms with Crippen LogP contribution < -0.4 is 0 Å². The van der Waals surface area contributed by atoms with E-state index in [1.807, 2.05) is 42.5 Å². The fraction of sp³-hybridized carbons (Fsp3) is 0.0769. The second-order valence-corrected chi connectivity index (χ2v) is 3.40. The minimum atomic E-state index is -0.536. The molecule has 2 aromatic rings. The third-order valence-corrected chi connectivity index (χ3v) is 2.39. The van der Waals surface area contributed by atoms with Crippen LogP contribution in [0.2, 0.25) is 0 Å². The van der Waals surface area contributed by atoms with Gasteiger partial charge >= 0.3 is 12.4 Å². The molecule has 80 valence electrons. The number of rotatable bonds is 3. The van der Waals surface area contributed by atoms with Gasteiger partial charge in [0.2, 0.25) is 0 Å². The van der Waals surface area contributed by atoms with Gasteiger partial charge in [0, 0.05) is 0 Å². The molecule has 0 radical (unpaired) electrons. The number of carbonyl (C=O) groups is 2. The van der Waals surface area contributed by atoms with Gasteiger partial charge in [-0.25, -0.2) is 0 Å². The molecule has 0 saturated heterocycles. The standard InChI is InChI=1S/C13H10O3/c14-9-16-13(15)8-11-6-3-5-10-4-1-2-7-12(10)11/h1-7,9H,8H2. The van der Waals surface area contributed by atoms with Gasteiger partial charge in [-0.05, 0) is 16.3 Å². The number of hydrogen-bond acceptors (Lipinski definition) is 3. The molecule has 2 rings (SSSR count). The Labute approximate surface area is 92.6 Å². The molecule has 0 spiro atoms. The first-order valence-electron chi connectivity index (χ1n) is 4.91. The van der Waals surface area contributed by atoms with Gasteiger partial charge in [0.15, 0.2) is 0 Å². The van der Waals surface area contributed by atoms with Gasteiger partial charge in [0.1, 0.15) is 0 Å². The van der Waals surface area contributed by atoms with Crippen molar-refractivity contribution in [2.75, 3.05) is 0 Å². The summed E-state index contributed by atoms with van der Waals surface area (Å²) in [4.78, 5) is 21.2. The van der Waals surface area contributed by atoms with Gasteiger partial charge in [0.05, 0.1) is 6.42 Å². The van der Waals surface area contributed by atoms with E-state index in [2.05, 4.69) is 4.74 Å². The lowest BCUT2D eigenvalue weighted by atomic mass is 10.0. The molecular weight excluding hydrogens is 204 g/mol. The van der Waals surface area contributed by atoms with Crippen LogP contribution in [0.15, 0.2) is 42.5 Å². The summed E-state index contributed by atoms with van der Waals surface area (Å²) in [5.41, 5.74) is 0.866. The van der Waals surface area contributed by atoms with Crippen molar-refractivity contribution in [2.24, 2.45) is 0 Å². The Balaban J connectivity index is 2.37. The fourth-order valence-electron chi connectivity index (χ4n) is 1.70. The third kappa shape index (κ3) is 2.08. The molecule has 3 nitrogen and oxygen atoms in total. The van der Waals surface area contributed by atoms with Crippen LogP contribution in [-0.4, -0.2) is 12.4 Å². The highest BCUT2D eigenvalue weighted by Crippen LogP contribution is 2.18. The summed E-state index contributed by atoms with van der Waals surface area (Å²) in [6.45, 7) is 0.160. The maximum absolute atomic E-state index is 11.2. The van der Waals surface area contributed by atoms with E-state index in [1.54, 1.807) is 0 Å². The van der Waals surface area contributed by atoms with Crippen LogP contribution in [0.4, 0.5) is 0 Å². The quantitative estimate of drug-likeness (QED) is 0.446. The molecule has 2 aromatic carbocycles. The van der Waals surface area contributed by atoms with Gasteiger partial charge in [0.25, 0.3) is 0 Å². The first-order valence-corrected chi connectivity index (χ1v) is 4.91. The third-order valence-electron chi connectivity index (χ3n) is 2.39. The number of fused-ring (bicyclic) bond motifs is 1. The van der Waals surface area contributed by atoms with E-state index in [1.165, 1.54) is 0 Å². The Hall–Kier alpha value is -2.16. The fourth-order valence-corrected chi connectivity index (χ4v) is 1.70. The van der Waals surface area contributed by atoms with Crippen molar-refractivity contribution in [2.45, 2.75) is 6.42 Å². The molecule has 0 amide bonds. The second kappa shape index (κ2) is 4.57. The second-order valence-electron chi connectivity index (χ2n) is 3.40. The first kappa shape index (κ1) is 10.4. The average molecular weight is 214 g/mol. The predicted octanol–water partition coefficient (Wildman–Crippen LogP) is 2.08. The lowest BCUT2D eigenvalue weighted by Crippen LogP contribution is -2.06. The summed E-state index contributed by atoms with van der Waals surface area (Å²) < 4.78 is 4.28. The molecule has 0 atom stereocenters. The molecule has 3 heteroatoms. The maximum atomic E-state index is 11.2. The zero-order valence-corrected chi connectivity index (χ0v) is 8.55. The lowest BCUT2D eigenvalue weighted by molar-refractivity contribution is -0.150. The Morgan fingerprint density at radius 2 is 1.88 bits per heavy atom. The largest absolute Gasteiger partial charge is 0.395 e. The van der Waals surface area contributed by atoms with Crippen molar-refractivity contribution < 1.29 is 14.3 Å². The molecule has 0 fully saturated rings. The van der Waals surface area contributed by atoms with E-state index in [0.29, 0.717) is 0 Å². The van der Waals surface area contributed by atoms with Crippen molar-refractivity contribution in [3.05, 3.63) is 48.0 Å². The lowest BCUT2D eigenvalue weighted by Gasteiger charge is -2.04. The Morgan fingerprint density at radius 3 is 2.69 bits per heavy atom. The Bertz CT molecular complexity index is 526. The molecule has 0 heterocycles. The van der Waals surface area contributed by atoms with E-state index in [0.717, 1.165) is 16.3 Å². The molecule has 0 unspecified atom stereocenters. The van der Waals surface area contributed by atoms with Crippen molar-refractivity contribution in [3.63, 3.8) is 0 Å². The number of ether oxygens (including phenoxy) is 1. The smallest absolute Gasteiger partial charge is 0.317 e. The zero-order valence-electron chi connectivity index (χ0n) is 8.55. The number of esters is 1. The molecule has 0 aliphatic heterocycles. The number of benzene rings is 2. The van der Waals surface area contributed by atoms with Gasteiger partial charge < -0.3 is 4.74 Å². The van der Waals surface area contributed by atoms with Crippen LogP contribution in [-0.2, 0) is 20.7 Å². The van der Waals surface area contributed by atoms with Crippen LogP contribution in [0.25, 0.3) is 10.8 Å². The summed E-state index contributed by atoms with van der Waals surface area (Å²) in [6, 6.07) is 13.5. The van der Waals surface area contributed by atoms with Gasteiger partial charge in [-0.1, -0.05) is 42.5 Å². The molecule has 16 heavy (non-hydrogen) atoms. The topological polar surface area (TPSA) is 43.4 Å². The van der Waals surface area contributed by atoms with E-state index >= 15 is 0 Å². The van der Waals surface area contributed by atoms with Crippen LogP contribution >= 0.6 is 0 Å². The van der Waals surface area contributed by atoms with Gasteiger partial charge in [-0.15, -0.1) is 0 Å². The first-order chi connectivity index (χ1) is 7.81. The molecule has 0 N–H and O–H groups in total. The highest BCUT2D eigenvalue weighted by atomic mass is 16.6. The monoisotopic (exact) mass is 214 g/mol. The van der Waals surface area contributed by atoms with Crippen molar-refractivity contribution in [3.8, 4) is 0 Å². The normalized spacial score (nSPS) is 10.0. The van der Waals surface area contributed by atoms with E-state index < -0.39 is 5.97 Å². The van der Waals surface area contributed by atoms with Crippen LogP contribution in [0.3, 0.4) is 0 Å². The summed E-state index contributed by atoms with van der Waals surface area (Å²) in [5, 5.41) is 2.08. The van der Waals surface area contributed by atoms with Crippen molar-refractivity contribution >= 4 is 23.2 Å². The Morgan fingerprint density at radius 1 is 1.12 bits per heavy atom. The molecule has 0 saturated carbocycles. The van der Waals surface area contributed by atoms with Crippen LogP contribution in [0.1, 0.15) is 5.56 Å². The Kier molecular flexibility index (Phi) is 2.96. The van der Waals surface area contributed by atoms with Crippen molar-refractivity contribution in [1.29, 1.82) is 0 Å². The summed E-state index contributed by atoms with van der Waals surface area (Å²) in [6.07, 6.45) is 0.111. The van der Waals surface area contributed by atoms with Crippen LogP contribution in [0.5, 0.6) is 0 Å². The zero-order chi connectivity index (χ0) is 11.4. The minimum absolute atomic E-state index is 0.111. The summed E-state index contributed by atoms with van der Waals surface area (Å²) >= 11 is 0. The van der Waals surface area contributed by atoms with Gasteiger partial charge in [-0.2, -0.15) is 0 Å². The summed E-state index contributed by atoms with van der Waals surface area (Å²) in [7, 11) is 0. The van der Waals surface area contributed by atoms with Crippen LogP contribution in [0, 0.1) is 0 Å². The average Bonchev–Trinajstić information content (AvgIpc) is 2.30. The van der Waals surface area contributed by atoms with E-state index in [-0.39, 0.29) is 12.9 Å². The minimum Gasteiger partial charge on any atom is -0.395 e. The molecule has 0 bridgehead atoms.